The van der Waals surface area contributed by atoms with Crippen LogP contribution in [0, 0.1) is 0 Å². The molecule has 5 heteroatoms. The van der Waals surface area contributed by atoms with Crippen LogP contribution in [0.25, 0.3) is 0 Å². The number of carboxylic acids is 1. The lowest BCUT2D eigenvalue weighted by Gasteiger charge is -2.15. The second-order valence-corrected chi connectivity index (χ2v) is 2.45. The number of aliphatic carboxylic acids is 1. The third-order valence-corrected chi connectivity index (χ3v) is 1.21. The van der Waals surface area contributed by atoms with Crippen LogP contribution in [0.3, 0.4) is 0 Å². The van der Waals surface area contributed by atoms with Crippen LogP contribution < -0.4 is 5.32 Å². The van der Waals surface area contributed by atoms with Crippen molar-refractivity contribution in [3.05, 3.63) is 0 Å². The molecule has 0 bridgehead atoms. The summed E-state index contributed by atoms with van der Waals surface area (Å²) in [6.45, 7) is 0.695. The molecule has 2 N–H and O–H groups in total. The molecular weight excluding hydrogens is 156 g/mol. The van der Waals surface area contributed by atoms with E-state index in [2.05, 4.69) is 5.32 Å². The average molecular weight is 167 g/mol. The fourth-order valence-electron chi connectivity index (χ4n) is 0.671. The van der Waals surface area contributed by atoms with Gasteiger partial charge in [-0.05, 0) is 14.0 Å². The summed E-state index contributed by atoms with van der Waals surface area (Å²) in [6, 6.07) is -1.17. The molecule has 0 aliphatic rings. The highest BCUT2D eigenvalue weighted by Crippen LogP contribution is 2.18. The molecule has 0 saturated heterocycles. The van der Waals surface area contributed by atoms with Crippen molar-refractivity contribution in [1.82, 2.24) is 5.32 Å². The van der Waals surface area contributed by atoms with Gasteiger partial charge in [-0.1, -0.05) is 0 Å². The smallest absolute Gasteiger partial charge is 0.320 e. The van der Waals surface area contributed by atoms with Gasteiger partial charge in [-0.2, -0.15) is 0 Å². The highest BCUT2D eigenvalue weighted by atomic mass is 19.3. The predicted octanol–water partition coefficient (Wildman–Crippen LogP) is 0.704. The molecule has 0 aromatic rings. The van der Waals surface area contributed by atoms with E-state index in [1.165, 1.54) is 7.05 Å². The fraction of sp³-hybridized carbons (Fsp3) is 0.833. The van der Waals surface area contributed by atoms with Crippen LogP contribution in [0.5, 0.6) is 0 Å². The second-order valence-electron chi connectivity index (χ2n) is 2.45. The molecular formula is C6H11F2NO2. The lowest BCUT2D eigenvalue weighted by Crippen LogP contribution is -2.38. The molecule has 1 unspecified atom stereocenters. The summed E-state index contributed by atoms with van der Waals surface area (Å²) in [5, 5.41) is 10.6. The molecule has 1 atom stereocenters. The third kappa shape index (κ3) is 4.66. The molecule has 11 heavy (non-hydrogen) atoms. The standard InChI is InChI=1S/C6H11F2NO2/c1-6(7,8)3-4(9-2)5(10)11/h4,9H,3H2,1-2H3,(H,10,11). The van der Waals surface area contributed by atoms with Gasteiger partial charge in [0.2, 0.25) is 5.92 Å². The first-order chi connectivity index (χ1) is 4.87. The molecule has 0 heterocycles. The number of carbonyl (C=O) groups is 1. The molecule has 0 radical (unpaired) electrons. The van der Waals surface area contributed by atoms with Crippen molar-refractivity contribution in [3.63, 3.8) is 0 Å². The molecule has 66 valence electrons. The Morgan fingerprint density at radius 3 is 2.27 bits per heavy atom. The SMILES string of the molecule is CNC(CC(C)(F)F)C(=O)O. The number of hydrogen-bond donors (Lipinski definition) is 2. The predicted molar refractivity (Wildman–Crippen MR) is 35.7 cm³/mol. The van der Waals surface area contributed by atoms with E-state index >= 15 is 0 Å². The van der Waals surface area contributed by atoms with Gasteiger partial charge < -0.3 is 10.4 Å². The second kappa shape index (κ2) is 3.61. The number of halogens is 2. The van der Waals surface area contributed by atoms with Gasteiger partial charge in [-0.25, -0.2) is 8.78 Å². The summed E-state index contributed by atoms with van der Waals surface area (Å²) in [7, 11) is 1.34. The highest BCUT2D eigenvalue weighted by molar-refractivity contribution is 5.73. The van der Waals surface area contributed by atoms with Crippen LogP contribution >= 0.6 is 0 Å². The van der Waals surface area contributed by atoms with Gasteiger partial charge in [-0.3, -0.25) is 4.79 Å². The first kappa shape index (κ1) is 10.3. The molecule has 0 saturated carbocycles. The summed E-state index contributed by atoms with van der Waals surface area (Å²) in [5.74, 6) is -4.19. The van der Waals surface area contributed by atoms with Gasteiger partial charge in [-0.15, -0.1) is 0 Å². The summed E-state index contributed by atoms with van der Waals surface area (Å²) >= 11 is 0. The first-order valence-corrected chi connectivity index (χ1v) is 3.14. The maximum absolute atomic E-state index is 12.2. The molecule has 0 aliphatic heterocycles. The van der Waals surface area contributed by atoms with Crippen LogP contribution in [0.15, 0.2) is 0 Å². The first-order valence-electron chi connectivity index (χ1n) is 3.14. The van der Waals surface area contributed by atoms with E-state index in [9.17, 15) is 13.6 Å². The quantitative estimate of drug-likeness (QED) is 0.648. The number of hydrogen-bond acceptors (Lipinski definition) is 2. The van der Waals surface area contributed by atoms with E-state index in [0.29, 0.717) is 6.92 Å². The van der Waals surface area contributed by atoms with Crippen molar-refractivity contribution < 1.29 is 18.7 Å². The van der Waals surface area contributed by atoms with Crippen molar-refractivity contribution in [1.29, 1.82) is 0 Å². The molecule has 0 spiro atoms. The Balaban J connectivity index is 3.99. The van der Waals surface area contributed by atoms with Crippen molar-refractivity contribution >= 4 is 5.97 Å². The lowest BCUT2D eigenvalue weighted by molar-refractivity contribution is -0.141. The van der Waals surface area contributed by atoms with E-state index in [-0.39, 0.29) is 0 Å². The molecule has 0 amide bonds. The van der Waals surface area contributed by atoms with Gasteiger partial charge >= 0.3 is 5.97 Å². The summed E-state index contributed by atoms with van der Waals surface area (Å²) < 4.78 is 24.4. The van der Waals surface area contributed by atoms with Gasteiger partial charge in [0.15, 0.2) is 0 Å². The Labute approximate surface area is 63.4 Å². The van der Waals surface area contributed by atoms with Crippen molar-refractivity contribution in [2.75, 3.05) is 7.05 Å². The molecule has 0 aromatic heterocycles. The third-order valence-electron chi connectivity index (χ3n) is 1.21. The zero-order valence-electron chi connectivity index (χ0n) is 6.40. The van der Waals surface area contributed by atoms with Crippen LogP contribution in [0.4, 0.5) is 8.78 Å². The van der Waals surface area contributed by atoms with Gasteiger partial charge in [0, 0.05) is 6.42 Å². The number of alkyl halides is 2. The maximum atomic E-state index is 12.2. The topological polar surface area (TPSA) is 49.3 Å². The maximum Gasteiger partial charge on any atom is 0.320 e. The number of likely N-dealkylation sites (N-methyl/N-ethyl adjacent to an activating group) is 1. The Bertz CT molecular complexity index is 144. The summed E-state index contributed by atoms with van der Waals surface area (Å²) in [5.41, 5.74) is 0. The average Bonchev–Trinajstić information content (AvgIpc) is 1.80. The normalized spacial score (nSPS) is 14.5. The van der Waals surface area contributed by atoms with Crippen LogP contribution in [0.1, 0.15) is 13.3 Å². The molecule has 3 nitrogen and oxygen atoms in total. The zero-order chi connectivity index (χ0) is 9.07. The highest BCUT2D eigenvalue weighted by Gasteiger charge is 2.29. The van der Waals surface area contributed by atoms with Gasteiger partial charge in [0.05, 0.1) is 0 Å². The minimum atomic E-state index is -2.94. The van der Waals surface area contributed by atoms with Gasteiger partial charge in [0.1, 0.15) is 6.04 Å². The Morgan fingerprint density at radius 2 is 2.18 bits per heavy atom. The molecule has 0 aliphatic carbocycles. The minimum absolute atomic E-state index is 0.682. The Morgan fingerprint density at radius 1 is 1.73 bits per heavy atom. The monoisotopic (exact) mass is 167 g/mol. The van der Waals surface area contributed by atoms with E-state index in [1.807, 2.05) is 0 Å². The Kier molecular flexibility index (Phi) is 3.38. The van der Waals surface area contributed by atoms with Crippen molar-refractivity contribution in [2.45, 2.75) is 25.3 Å². The van der Waals surface area contributed by atoms with E-state index in [0.717, 1.165) is 0 Å². The molecule has 0 fully saturated rings. The van der Waals surface area contributed by atoms with Crippen molar-refractivity contribution in [2.24, 2.45) is 0 Å². The van der Waals surface area contributed by atoms with Crippen LogP contribution in [-0.4, -0.2) is 30.1 Å². The number of rotatable bonds is 4. The van der Waals surface area contributed by atoms with Gasteiger partial charge in [0.25, 0.3) is 0 Å². The number of nitrogens with one attached hydrogen (secondary N) is 1. The largest absolute Gasteiger partial charge is 0.480 e. The summed E-state index contributed by atoms with van der Waals surface area (Å²) in [4.78, 5) is 10.2. The van der Waals surface area contributed by atoms with E-state index < -0.39 is 24.4 Å². The number of carboxylic acid groups (broad SMARTS) is 1. The van der Waals surface area contributed by atoms with Crippen LogP contribution in [-0.2, 0) is 4.79 Å². The lowest BCUT2D eigenvalue weighted by atomic mass is 10.1. The van der Waals surface area contributed by atoms with Crippen LogP contribution in [0.2, 0.25) is 0 Å². The van der Waals surface area contributed by atoms with E-state index in [4.69, 9.17) is 5.11 Å². The van der Waals surface area contributed by atoms with Crippen molar-refractivity contribution in [3.8, 4) is 0 Å². The summed E-state index contributed by atoms with van der Waals surface area (Å²) in [6.07, 6.45) is -0.682. The Hall–Kier alpha value is -0.710. The fourth-order valence-corrected chi connectivity index (χ4v) is 0.671. The zero-order valence-corrected chi connectivity index (χ0v) is 6.40. The molecule has 0 rings (SSSR count). The van der Waals surface area contributed by atoms with E-state index in [1.54, 1.807) is 0 Å². The molecule has 0 aromatic carbocycles. The minimum Gasteiger partial charge on any atom is -0.480 e.